The first-order valence-corrected chi connectivity index (χ1v) is 9.92. The Morgan fingerprint density at radius 2 is 1.86 bits per heavy atom. The number of ether oxygens (including phenoxy) is 5. The molecule has 28 heavy (non-hydrogen) atoms. The van der Waals surface area contributed by atoms with Crippen molar-refractivity contribution in [1.29, 1.82) is 0 Å². The van der Waals surface area contributed by atoms with Crippen molar-refractivity contribution in [2.24, 2.45) is 5.92 Å². The average molecular weight is 396 g/mol. The second-order valence-corrected chi connectivity index (χ2v) is 8.27. The number of hydrogen-bond acceptors (Lipinski definition) is 7. The van der Waals surface area contributed by atoms with E-state index in [1.165, 1.54) is 0 Å². The van der Waals surface area contributed by atoms with Crippen LogP contribution in [0.3, 0.4) is 0 Å². The van der Waals surface area contributed by atoms with Crippen LogP contribution in [-0.4, -0.2) is 59.9 Å². The molecule has 2 saturated heterocycles. The van der Waals surface area contributed by atoms with Gasteiger partial charge < -0.3 is 33.9 Å². The van der Waals surface area contributed by atoms with E-state index in [9.17, 15) is 10.2 Å². The lowest BCUT2D eigenvalue weighted by molar-refractivity contribution is -0.232. The van der Waals surface area contributed by atoms with Crippen LogP contribution >= 0.6 is 0 Å². The molecule has 1 aromatic carbocycles. The molecule has 2 aliphatic rings. The van der Waals surface area contributed by atoms with E-state index in [1.54, 1.807) is 13.8 Å². The molecular weight excluding hydrogens is 364 g/mol. The van der Waals surface area contributed by atoms with Gasteiger partial charge in [0, 0.05) is 0 Å². The van der Waals surface area contributed by atoms with Crippen molar-refractivity contribution in [1.82, 2.24) is 0 Å². The normalized spacial score (nSPS) is 29.8. The minimum atomic E-state index is -1.07. The van der Waals surface area contributed by atoms with Crippen molar-refractivity contribution < 1.29 is 33.9 Å². The third kappa shape index (κ3) is 5.23. The molecular formula is C21H32O7. The zero-order chi connectivity index (χ0) is 20.3. The van der Waals surface area contributed by atoms with Gasteiger partial charge in [0.25, 0.3) is 0 Å². The highest BCUT2D eigenvalue weighted by molar-refractivity contribution is 5.26. The van der Waals surface area contributed by atoms with E-state index in [1.807, 2.05) is 24.3 Å². The van der Waals surface area contributed by atoms with Gasteiger partial charge in [-0.05, 0) is 43.9 Å². The Morgan fingerprint density at radius 3 is 2.50 bits per heavy atom. The first-order valence-electron chi connectivity index (χ1n) is 9.92. The van der Waals surface area contributed by atoms with Crippen molar-refractivity contribution in [2.75, 3.05) is 13.2 Å². The van der Waals surface area contributed by atoms with Crippen molar-refractivity contribution in [3.05, 3.63) is 29.8 Å². The molecule has 0 aliphatic carbocycles. The molecule has 2 heterocycles. The summed E-state index contributed by atoms with van der Waals surface area (Å²) >= 11 is 0. The third-order valence-corrected chi connectivity index (χ3v) is 4.92. The molecule has 3 rings (SSSR count). The molecule has 0 bridgehead atoms. The van der Waals surface area contributed by atoms with Gasteiger partial charge in [-0.2, -0.15) is 0 Å². The summed E-state index contributed by atoms with van der Waals surface area (Å²) in [7, 11) is 0. The summed E-state index contributed by atoms with van der Waals surface area (Å²) < 4.78 is 29.1. The molecule has 1 aromatic rings. The average Bonchev–Trinajstić information content (AvgIpc) is 3.12. The predicted molar refractivity (Wildman–Crippen MR) is 102 cm³/mol. The van der Waals surface area contributed by atoms with Crippen molar-refractivity contribution in [3.8, 4) is 5.75 Å². The summed E-state index contributed by atoms with van der Waals surface area (Å²) in [6, 6.07) is 7.74. The molecule has 7 heteroatoms. The summed E-state index contributed by atoms with van der Waals surface area (Å²) in [5.41, 5.74) is 0.968. The van der Waals surface area contributed by atoms with E-state index in [-0.39, 0.29) is 0 Å². The Morgan fingerprint density at radius 1 is 1.14 bits per heavy atom. The second kappa shape index (κ2) is 9.07. The first kappa shape index (κ1) is 21.5. The maximum absolute atomic E-state index is 10.1. The van der Waals surface area contributed by atoms with Crippen LogP contribution in [0.5, 0.6) is 5.75 Å². The molecule has 0 amide bonds. The van der Waals surface area contributed by atoms with Gasteiger partial charge in [0.2, 0.25) is 0 Å². The van der Waals surface area contributed by atoms with E-state index in [0.29, 0.717) is 19.1 Å². The molecule has 0 radical (unpaired) electrons. The lowest BCUT2D eigenvalue weighted by atomic mass is 10.1. The predicted octanol–water partition coefficient (Wildman–Crippen LogP) is 2.23. The largest absolute Gasteiger partial charge is 0.494 e. The van der Waals surface area contributed by atoms with Crippen LogP contribution in [0.4, 0.5) is 0 Å². The maximum atomic E-state index is 10.1. The smallest absolute Gasteiger partial charge is 0.190 e. The van der Waals surface area contributed by atoms with Gasteiger partial charge in [-0.1, -0.05) is 26.0 Å². The summed E-state index contributed by atoms with van der Waals surface area (Å²) in [6.45, 7) is 8.55. The van der Waals surface area contributed by atoms with E-state index in [0.717, 1.165) is 17.7 Å². The molecule has 2 aliphatic heterocycles. The standard InChI is InChI=1S/C21H32O7/c1-13(2)9-10-24-15-7-5-14(6-8-15)12-25-18-17(16(23)11-22)26-20-19(18)27-21(3,4)28-20/h5-8,13,16-20,22-23H,9-12H2,1-4H3/t16-,17+,18-,19+,20-/m1/s1. The highest BCUT2D eigenvalue weighted by Gasteiger charge is 2.56. The SMILES string of the molecule is CC(C)CCOc1ccc(CO[C@H]2[C@@H]3OC(C)(C)O[C@H]3O[C@H]2[C@H](O)CO)cc1. The summed E-state index contributed by atoms with van der Waals surface area (Å²) in [4.78, 5) is 0. The second-order valence-electron chi connectivity index (χ2n) is 8.27. The van der Waals surface area contributed by atoms with Gasteiger partial charge in [0.1, 0.15) is 30.2 Å². The summed E-state index contributed by atoms with van der Waals surface area (Å²) in [5.74, 6) is 0.664. The number of benzene rings is 1. The van der Waals surface area contributed by atoms with Crippen LogP contribution in [0.25, 0.3) is 0 Å². The van der Waals surface area contributed by atoms with Crippen molar-refractivity contribution in [3.63, 3.8) is 0 Å². The molecule has 0 aromatic heterocycles. The Hall–Kier alpha value is -1.22. The Bertz CT molecular complexity index is 616. The summed E-state index contributed by atoms with van der Waals surface area (Å²) in [5, 5.41) is 19.4. The minimum Gasteiger partial charge on any atom is -0.494 e. The monoisotopic (exact) mass is 396 g/mol. The van der Waals surface area contributed by atoms with Crippen LogP contribution in [0.15, 0.2) is 24.3 Å². The van der Waals surface area contributed by atoms with E-state index in [4.69, 9.17) is 23.7 Å². The van der Waals surface area contributed by atoms with Gasteiger partial charge in [-0.15, -0.1) is 0 Å². The Balaban J connectivity index is 1.58. The Labute approximate surface area is 166 Å². The maximum Gasteiger partial charge on any atom is 0.190 e. The lowest BCUT2D eigenvalue weighted by Crippen LogP contribution is -2.44. The third-order valence-electron chi connectivity index (χ3n) is 4.92. The van der Waals surface area contributed by atoms with E-state index in [2.05, 4.69) is 13.8 Å². The van der Waals surface area contributed by atoms with E-state index >= 15 is 0 Å². The van der Waals surface area contributed by atoms with E-state index < -0.39 is 43.1 Å². The number of rotatable bonds is 9. The molecule has 2 fully saturated rings. The first-order chi connectivity index (χ1) is 13.3. The number of hydrogen-bond donors (Lipinski definition) is 2. The van der Waals surface area contributed by atoms with Crippen LogP contribution in [-0.2, 0) is 25.6 Å². The van der Waals surface area contributed by atoms with Gasteiger partial charge in [-0.25, -0.2) is 0 Å². The number of aliphatic hydroxyl groups excluding tert-OH is 2. The van der Waals surface area contributed by atoms with Gasteiger partial charge >= 0.3 is 0 Å². The van der Waals surface area contributed by atoms with Crippen molar-refractivity contribution >= 4 is 0 Å². The van der Waals surface area contributed by atoms with Crippen LogP contribution in [0, 0.1) is 5.92 Å². The van der Waals surface area contributed by atoms with Crippen molar-refractivity contribution in [2.45, 2.75) is 77.2 Å². The molecule has 0 unspecified atom stereocenters. The highest BCUT2D eigenvalue weighted by atomic mass is 16.8. The van der Waals surface area contributed by atoms with Crippen LogP contribution in [0.2, 0.25) is 0 Å². The molecule has 2 N–H and O–H groups in total. The zero-order valence-corrected chi connectivity index (χ0v) is 17.0. The van der Waals surface area contributed by atoms with Gasteiger partial charge in [-0.3, -0.25) is 0 Å². The summed E-state index contributed by atoms with van der Waals surface area (Å²) in [6.07, 6.45) is -2.39. The Kier molecular flexibility index (Phi) is 6.96. The van der Waals surface area contributed by atoms with Crippen LogP contribution in [0.1, 0.15) is 39.7 Å². The zero-order valence-electron chi connectivity index (χ0n) is 17.0. The molecule has 0 spiro atoms. The fourth-order valence-electron chi connectivity index (χ4n) is 3.39. The molecule has 158 valence electrons. The fourth-order valence-corrected chi connectivity index (χ4v) is 3.39. The van der Waals surface area contributed by atoms with Crippen LogP contribution < -0.4 is 4.74 Å². The van der Waals surface area contributed by atoms with Gasteiger partial charge in [0.05, 0.1) is 19.8 Å². The minimum absolute atomic E-state index is 0.321. The number of aliphatic hydroxyl groups is 2. The fraction of sp³-hybridized carbons (Fsp3) is 0.714. The quantitative estimate of drug-likeness (QED) is 0.662. The lowest BCUT2D eigenvalue weighted by Gasteiger charge is -2.28. The molecule has 5 atom stereocenters. The molecule has 7 nitrogen and oxygen atoms in total. The van der Waals surface area contributed by atoms with Gasteiger partial charge in [0.15, 0.2) is 12.1 Å². The molecule has 0 saturated carbocycles. The number of fused-ring (bicyclic) bond motifs is 1. The highest BCUT2D eigenvalue weighted by Crippen LogP contribution is 2.39. The topological polar surface area (TPSA) is 86.6 Å².